The highest BCUT2D eigenvalue weighted by molar-refractivity contribution is 5.94. The number of hydrogen-bond donors (Lipinski definition) is 1. The minimum Gasteiger partial charge on any atom is -0.497 e. The lowest BCUT2D eigenvalue weighted by Crippen LogP contribution is -2.23. The van der Waals surface area contributed by atoms with Crippen LogP contribution >= 0.6 is 0 Å². The summed E-state index contributed by atoms with van der Waals surface area (Å²) in [6.07, 6.45) is 1.53. The lowest BCUT2D eigenvalue weighted by atomic mass is 10.2. The first-order valence-electron chi connectivity index (χ1n) is 8.05. The van der Waals surface area contributed by atoms with Crippen molar-refractivity contribution in [3.8, 4) is 17.4 Å². The highest BCUT2D eigenvalue weighted by Crippen LogP contribution is 2.20. The van der Waals surface area contributed by atoms with Gasteiger partial charge in [-0.1, -0.05) is 6.07 Å². The fourth-order valence-corrected chi connectivity index (χ4v) is 2.28. The third kappa shape index (κ3) is 4.78. The first-order chi connectivity index (χ1) is 13.0. The fourth-order valence-electron chi connectivity index (χ4n) is 2.28. The van der Waals surface area contributed by atoms with Crippen molar-refractivity contribution in [1.82, 2.24) is 10.3 Å². The summed E-state index contributed by atoms with van der Waals surface area (Å²) < 4.78 is 37.2. The molecule has 1 N–H and O–H groups in total. The van der Waals surface area contributed by atoms with Gasteiger partial charge in [0.1, 0.15) is 23.1 Å². The molecule has 7 heteroatoms. The first kappa shape index (κ1) is 18.3. The maximum absolute atomic E-state index is 13.9. The van der Waals surface area contributed by atoms with E-state index in [0.717, 1.165) is 6.07 Å². The minimum atomic E-state index is -0.659. The Bertz CT molecular complexity index is 929. The highest BCUT2D eigenvalue weighted by Gasteiger charge is 2.12. The van der Waals surface area contributed by atoms with Gasteiger partial charge in [-0.3, -0.25) is 4.79 Å². The summed E-state index contributed by atoms with van der Waals surface area (Å²) in [7, 11) is 1.42. The molecule has 0 aliphatic heterocycles. The number of nitrogens with zero attached hydrogens (tertiary/aromatic N) is 1. The van der Waals surface area contributed by atoms with E-state index in [9.17, 15) is 13.6 Å². The van der Waals surface area contributed by atoms with Crippen LogP contribution in [0.3, 0.4) is 0 Å². The van der Waals surface area contributed by atoms with Crippen LogP contribution in [0.15, 0.2) is 60.8 Å². The van der Waals surface area contributed by atoms with Crippen molar-refractivity contribution in [1.29, 1.82) is 0 Å². The van der Waals surface area contributed by atoms with Crippen LogP contribution in [0, 0.1) is 11.6 Å². The van der Waals surface area contributed by atoms with Gasteiger partial charge in [0.05, 0.1) is 12.7 Å². The largest absolute Gasteiger partial charge is 0.497 e. The molecule has 0 fully saturated rings. The molecule has 1 aromatic heterocycles. The van der Waals surface area contributed by atoms with Crippen LogP contribution in [0.1, 0.15) is 15.9 Å². The summed E-state index contributed by atoms with van der Waals surface area (Å²) in [5.74, 6) is -0.424. The van der Waals surface area contributed by atoms with E-state index in [0.29, 0.717) is 22.9 Å². The van der Waals surface area contributed by atoms with E-state index in [1.54, 1.807) is 12.1 Å². The Hall–Kier alpha value is -3.48. The molecular weight excluding hydrogens is 354 g/mol. The van der Waals surface area contributed by atoms with E-state index in [2.05, 4.69) is 10.3 Å². The Balaban J connectivity index is 1.58. The number of benzene rings is 2. The Morgan fingerprint density at radius 2 is 1.78 bits per heavy atom. The van der Waals surface area contributed by atoms with Crippen LogP contribution in [-0.2, 0) is 6.54 Å². The van der Waals surface area contributed by atoms with E-state index in [1.165, 1.54) is 49.7 Å². The van der Waals surface area contributed by atoms with Crippen molar-refractivity contribution in [3.63, 3.8) is 0 Å². The SMILES string of the molecule is COc1ccc(C(=O)NCc2ccc(Oc3ccc(F)cc3)nc2)c(F)c1. The molecule has 5 nitrogen and oxygen atoms in total. The second-order valence-electron chi connectivity index (χ2n) is 5.59. The van der Waals surface area contributed by atoms with E-state index >= 15 is 0 Å². The summed E-state index contributed by atoms with van der Waals surface area (Å²) >= 11 is 0. The average Bonchev–Trinajstić information content (AvgIpc) is 2.69. The lowest BCUT2D eigenvalue weighted by Gasteiger charge is -2.08. The van der Waals surface area contributed by atoms with Crippen LogP contribution in [0.5, 0.6) is 17.4 Å². The number of rotatable bonds is 6. The van der Waals surface area contributed by atoms with Crippen LogP contribution in [0.2, 0.25) is 0 Å². The fraction of sp³-hybridized carbons (Fsp3) is 0.100. The molecule has 2 aromatic carbocycles. The number of pyridine rings is 1. The first-order valence-corrected chi connectivity index (χ1v) is 8.05. The summed E-state index contributed by atoms with van der Waals surface area (Å²) in [4.78, 5) is 16.2. The Kier molecular flexibility index (Phi) is 5.61. The number of aromatic nitrogens is 1. The van der Waals surface area contributed by atoms with E-state index < -0.39 is 11.7 Å². The van der Waals surface area contributed by atoms with Crippen molar-refractivity contribution in [2.45, 2.75) is 6.54 Å². The molecule has 0 radical (unpaired) electrons. The van der Waals surface area contributed by atoms with Crippen molar-refractivity contribution in [2.24, 2.45) is 0 Å². The van der Waals surface area contributed by atoms with Gasteiger partial charge in [-0.05, 0) is 42.0 Å². The molecule has 0 bridgehead atoms. The van der Waals surface area contributed by atoms with Gasteiger partial charge in [-0.2, -0.15) is 0 Å². The second kappa shape index (κ2) is 8.27. The minimum absolute atomic E-state index is 0.0694. The van der Waals surface area contributed by atoms with Gasteiger partial charge in [0.2, 0.25) is 5.88 Å². The maximum Gasteiger partial charge on any atom is 0.254 e. The Morgan fingerprint density at radius 3 is 2.41 bits per heavy atom. The summed E-state index contributed by atoms with van der Waals surface area (Å²) in [5.41, 5.74) is 0.642. The number of carbonyl (C=O) groups excluding carboxylic acids is 1. The van der Waals surface area contributed by atoms with Crippen LogP contribution in [0.25, 0.3) is 0 Å². The second-order valence-corrected chi connectivity index (χ2v) is 5.59. The van der Waals surface area contributed by atoms with Crippen molar-refractivity contribution >= 4 is 5.91 Å². The zero-order valence-corrected chi connectivity index (χ0v) is 14.4. The smallest absolute Gasteiger partial charge is 0.254 e. The number of nitrogens with one attached hydrogen (secondary N) is 1. The topological polar surface area (TPSA) is 60.5 Å². The van der Waals surface area contributed by atoms with Crippen LogP contribution < -0.4 is 14.8 Å². The maximum atomic E-state index is 13.9. The molecular formula is C20H16F2N2O3. The molecule has 0 saturated carbocycles. The molecule has 3 rings (SSSR count). The van der Waals surface area contributed by atoms with Crippen LogP contribution in [0.4, 0.5) is 8.78 Å². The molecule has 0 saturated heterocycles. The summed E-state index contributed by atoms with van der Waals surface area (Å²) in [6.45, 7) is 0.175. The number of hydrogen-bond acceptors (Lipinski definition) is 4. The summed E-state index contributed by atoms with van der Waals surface area (Å²) in [5, 5.41) is 2.63. The van der Waals surface area contributed by atoms with Gasteiger partial charge >= 0.3 is 0 Å². The van der Waals surface area contributed by atoms with Crippen molar-refractivity contribution < 1.29 is 23.0 Å². The number of ether oxygens (including phenoxy) is 2. The average molecular weight is 370 g/mol. The zero-order valence-electron chi connectivity index (χ0n) is 14.4. The Labute approximate surface area is 154 Å². The lowest BCUT2D eigenvalue weighted by molar-refractivity contribution is 0.0947. The third-order valence-corrected chi connectivity index (χ3v) is 3.71. The van der Waals surface area contributed by atoms with Crippen LogP contribution in [-0.4, -0.2) is 18.0 Å². The van der Waals surface area contributed by atoms with E-state index in [-0.39, 0.29) is 17.9 Å². The monoisotopic (exact) mass is 370 g/mol. The van der Waals surface area contributed by atoms with Gasteiger partial charge in [0.15, 0.2) is 0 Å². The molecule has 138 valence electrons. The van der Waals surface area contributed by atoms with Gasteiger partial charge in [0, 0.05) is 24.9 Å². The molecule has 0 aliphatic rings. The molecule has 0 atom stereocenters. The van der Waals surface area contributed by atoms with Gasteiger partial charge in [-0.15, -0.1) is 0 Å². The van der Waals surface area contributed by atoms with E-state index in [1.807, 2.05) is 0 Å². The third-order valence-electron chi connectivity index (χ3n) is 3.71. The predicted molar refractivity (Wildman–Crippen MR) is 94.8 cm³/mol. The molecule has 27 heavy (non-hydrogen) atoms. The number of methoxy groups -OCH3 is 1. The standard InChI is InChI=1S/C20H16F2N2O3/c1-26-16-7-8-17(18(22)10-16)20(25)24-12-13-2-9-19(23-11-13)27-15-5-3-14(21)4-6-15/h2-11H,12H2,1H3,(H,24,25). The molecule has 0 unspecified atom stereocenters. The molecule has 3 aromatic rings. The number of amides is 1. The quantitative estimate of drug-likeness (QED) is 0.710. The van der Waals surface area contributed by atoms with E-state index in [4.69, 9.17) is 9.47 Å². The normalized spacial score (nSPS) is 10.3. The summed E-state index contributed by atoms with van der Waals surface area (Å²) in [6, 6.07) is 12.9. The molecule has 1 amide bonds. The van der Waals surface area contributed by atoms with Crippen molar-refractivity contribution in [3.05, 3.63) is 83.6 Å². The zero-order chi connectivity index (χ0) is 19.2. The van der Waals surface area contributed by atoms with Gasteiger partial charge < -0.3 is 14.8 Å². The van der Waals surface area contributed by atoms with Gasteiger partial charge in [0.25, 0.3) is 5.91 Å². The van der Waals surface area contributed by atoms with Gasteiger partial charge in [-0.25, -0.2) is 13.8 Å². The molecule has 0 aliphatic carbocycles. The number of halogens is 2. The molecule has 0 spiro atoms. The number of carbonyl (C=O) groups is 1. The Morgan fingerprint density at radius 1 is 1.04 bits per heavy atom. The van der Waals surface area contributed by atoms with Crippen molar-refractivity contribution in [2.75, 3.05) is 7.11 Å². The highest BCUT2D eigenvalue weighted by atomic mass is 19.1. The molecule has 1 heterocycles. The predicted octanol–water partition coefficient (Wildman–Crippen LogP) is 4.09.